The third-order valence-corrected chi connectivity index (χ3v) is 4.74. The standard InChI is InChI=1S/C19H27FN4/c1-16(2)19-21-7-8-24(19)14-13-22-9-11-23(12-10-22)15-17-5-3-4-6-18(17)20/h3-8,16H,9-15H2,1-2H3. The molecule has 0 N–H and O–H groups in total. The molecule has 1 aromatic carbocycles. The van der Waals surface area contributed by atoms with Gasteiger partial charge in [-0.3, -0.25) is 9.80 Å². The van der Waals surface area contributed by atoms with Gasteiger partial charge in [0, 0.05) is 69.7 Å². The fourth-order valence-corrected chi connectivity index (χ4v) is 3.30. The molecule has 5 heteroatoms. The largest absolute Gasteiger partial charge is 0.333 e. The Kier molecular flexibility index (Phi) is 5.63. The van der Waals surface area contributed by atoms with Gasteiger partial charge in [0.05, 0.1) is 0 Å². The zero-order valence-electron chi connectivity index (χ0n) is 14.7. The number of hydrogen-bond donors (Lipinski definition) is 0. The van der Waals surface area contributed by atoms with Crippen molar-refractivity contribution in [3.8, 4) is 0 Å². The minimum atomic E-state index is -0.0961. The first-order chi connectivity index (χ1) is 11.6. The highest BCUT2D eigenvalue weighted by Gasteiger charge is 2.18. The van der Waals surface area contributed by atoms with Crippen molar-refractivity contribution in [2.24, 2.45) is 0 Å². The van der Waals surface area contributed by atoms with Crippen LogP contribution in [0.3, 0.4) is 0 Å². The van der Waals surface area contributed by atoms with Crippen LogP contribution in [0.2, 0.25) is 0 Å². The lowest BCUT2D eigenvalue weighted by Gasteiger charge is -2.34. The van der Waals surface area contributed by atoms with Crippen LogP contribution in [-0.2, 0) is 13.1 Å². The maximum Gasteiger partial charge on any atom is 0.127 e. The predicted octanol–water partition coefficient (Wildman–Crippen LogP) is 2.96. The summed E-state index contributed by atoms with van der Waals surface area (Å²) in [5.41, 5.74) is 0.797. The summed E-state index contributed by atoms with van der Waals surface area (Å²) in [5, 5.41) is 0. The maximum absolute atomic E-state index is 13.8. The van der Waals surface area contributed by atoms with E-state index in [0.29, 0.717) is 12.5 Å². The van der Waals surface area contributed by atoms with Gasteiger partial charge in [-0.2, -0.15) is 0 Å². The van der Waals surface area contributed by atoms with E-state index in [0.717, 1.165) is 50.7 Å². The maximum atomic E-state index is 13.8. The van der Waals surface area contributed by atoms with Crippen molar-refractivity contribution in [3.05, 3.63) is 53.9 Å². The van der Waals surface area contributed by atoms with E-state index in [2.05, 4.69) is 39.4 Å². The molecule has 1 aliphatic rings. The Bertz CT molecular complexity index is 644. The summed E-state index contributed by atoms with van der Waals surface area (Å²) < 4.78 is 16.0. The molecule has 1 saturated heterocycles. The fraction of sp³-hybridized carbons (Fsp3) is 0.526. The molecule has 0 atom stereocenters. The SMILES string of the molecule is CC(C)c1nccn1CCN1CCN(Cc2ccccc2F)CC1. The minimum absolute atomic E-state index is 0.0961. The van der Waals surface area contributed by atoms with Crippen molar-refractivity contribution >= 4 is 0 Å². The van der Waals surface area contributed by atoms with E-state index in [1.54, 1.807) is 12.1 Å². The molecule has 1 aliphatic heterocycles. The molecular formula is C19H27FN4. The molecule has 1 fully saturated rings. The second kappa shape index (κ2) is 7.90. The molecule has 0 aliphatic carbocycles. The average molecular weight is 330 g/mol. The van der Waals surface area contributed by atoms with Gasteiger partial charge in [0.15, 0.2) is 0 Å². The number of piperazine rings is 1. The van der Waals surface area contributed by atoms with E-state index < -0.39 is 0 Å². The first kappa shape index (κ1) is 17.1. The summed E-state index contributed by atoms with van der Waals surface area (Å²) in [6.07, 6.45) is 3.96. The molecule has 24 heavy (non-hydrogen) atoms. The number of rotatable bonds is 6. The molecule has 0 amide bonds. The molecule has 4 nitrogen and oxygen atoms in total. The van der Waals surface area contributed by atoms with Crippen LogP contribution in [0.4, 0.5) is 4.39 Å². The Morgan fingerprint density at radius 2 is 1.75 bits per heavy atom. The summed E-state index contributed by atoms with van der Waals surface area (Å²) in [5.74, 6) is 1.52. The lowest BCUT2D eigenvalue weighted by Crippen LogP contribution is -2.46. The van der Waals surface area contributed by atoms with E-state index in [4.69, 9.17) is 0 Å². The van der Waals surface area contributed by atoms with Crippen molar-refractivity contribution in [1.29, 1.82) is 0 Å². The van der Waals surface area contributed by atoms with Gasteiger partial charge >= 0.3 is 0 Å². The van der Waals surface area contributed by atoms with Gasteiger partial charge in [-0.1, -0.05) is 32.0 Å². The summed E-state index contributed by atoms with van der Waals surface area (Å²) in [6, 6.07) is 7.08. The zero-order chi connectivity index (χ0) is 16.9. The second-order valence-corrected chi connectivity index (χ2v) is 6.84. The normalized spacial score (nSPS) is 16.8. The Labute approximate surface area is 143 Å². The quantitative estimate of drug-likeness (QED) is 0.814. The third kappa shape index (κ3) is 4.22. The molecule has 0 saturated carbocycles. The number of nitrogens with zero attached hydrogens (tertiary/aromatic N) is 4. The lowest BCUT2D eigenvalue weighted by atomic mass is 10.2. The van der Waals surface area contributed by atoms with Crippen LogP contribution >= 0.6 is 0 Å². The van der Waals surface area contributed by atoms with Gasteiger partial charge in [-0.15, -0.1) is 0 Å². The van der Waals surface area contributed by atoms with Crippen LogP contribution in [-0.4, -0.2) is 52.1 Å². The Morgan fingerprint density at radius 3 is 2.46 bits per heavy atom. The molecule has 130 valence electrons. The van der Waals surface area contributed by atoms with Crippen LogP contribution in [0, 0.1) is 5.82 Å². The van der Waals surface area contributed by atoms with E-state index >= 15 is 0 Å². The monoisotopic (exact) mass is 330 g/mol. The molecule has 1 aromatic heterocycles. The van der Waals surface area contributed by atoms with Crippen molar-refractivity contribution in [3.63, 3.8) is 0 Å². The molecule has 2 aromatic rings. The smallest absolute Gasteiger partial charge is 0.127 e. The van der Waals surface area contributed by atoms with Crippen molar-refractivity contribution < 1.29 is 4.39 Å². The Balaban J connectivity index is 1.45. The summed E-state index contributed by atoms with van der Waals surface area (Å²) in [6.45, 7) is 11.2. The lowest BCUT2D eigenvalue weighted by molar-refractivity contribution is 0.123. The minimum Gasteiger partial charge on any atom is -0.333 e. The van der Waals surface area contributed by atoms with Gasteiger partial charge in [-0.05, 0) is 6.07 Å². The Morgan fingerprint density at radius 1 is 1.04 bits per heavy atom. The molecule has 0 radical (unpaired) electrons. The van der Waals surface area contributed by atoms with Crippen LogP contribution in [0.25, 0.3) is 0 Å². The molecule has 2 heterocycles. The van der Waals surface area contributed by atoms with Crippen molar-refractivity contribution in [2.75, 3.05) is 32.7 Å². The van der Waals surface area contributed by atoms with Gasteiger partial charge in [0.2, 0.25) is 0 Å². The van der Waals surface area contributed by atoms with Crippen LogP contribution in [0.15, 0.2) is 36.7 Å². The predicted molar refractivity (Wildman–Crippen MR) is 94.4 cm³/mol. The summed E-state index contributed by atoms with van der Waals surface area (Å²) in [7, 11) is 0. The van der Waals surface area contributed by atoms with E-state index in [1.165, 1.54) is 0 Å². The Hall–Kier alpha value is -1.72. The topological polar surface area (TPSA) is 24.3 Å². The van der Waals surface area contributed by atoms with Crippen LogP contribution in [0.1, 0.15) is 31.2 Å². The van der Waals surface area contributed by atoms with Crippen LogP contribution in [0.5, 0.6) is 0 Å². The first-order valence-electron chi connectivity index (χ1n) is 8.82. The molecule has 0 unspecified atom stereocenters. The first-order valence-corrected chi connectivity index (χ1v) is 8.82. The average Bonchev–Trinajstić information content (AvgIpc) is 3.05. The van der Waals surface area contributed by atoms with E-state index in [1.807, 2.05) is 18.3 Å². The van der Waals surface area contributed by atoms with E-state index in [-0.39, 0.29) is 5.82 Å². The van der Waals surface area contributed by atoms with E-state index in [9.17, 15) is 4.39 Å². The van der Waals surface area contributed by atoms with Gasteiger partial charge in [0.1, 0.15) is 11.6 Å². The van der Waals surface area contributed by atoms with Crippen LogP contribution < -0.4 is 0 Å². The number of hydrogen-bond acceptors (Lipinski definition) is 3. The summed E-state index contributed by atoms with van der Waals surface area (Å²) in [4.78, 5) is 9.27. The van der Waals surface area contributed by atoms with Gasteiger partial charge in [0.25, 0.3) is 0 Å². The number of imidazole rings is 1. The molecule has 0 bridgehead atoms. The third-order valence-electron chi connectivity index (χ3n) is 4.74. The highest BCUT2D eigenvalue weighted by Crippen LogP contribution is 2.14. The second-order valence-electron chi connectivity index (χ2n) is 6.84. The van der Waals surface area contributed by atoms with Crippen molar-refractivity contribution in [1.82, 2.24) is 19.4 Å². The number of benzene rings is 1. The molecule has 0 spiro atoms. The summed E-state index contributed by atoms with van der Waals surface area (Å²) >= 11 is 0. The fourth-order valence-electron chi connectivity index (χ4n) is 3.30. The number of halogens is 1. The highest BCUT2D eigenvalue weighted by molar-refractivity contribution is 5.17. The van der Waals surface area contributed by atoms with Gasteiger partial charge in [-0.25, -0.2) is 9.37 Å². The number of aromatic nitrogens is 2. The highest BCUT2D eigenvalue weighted by atomic mass is 19.1. The zero-order valence-corrected chi connectivity index (χ0v) is 14.7. The molecule has 3 rings (SSSR count). The van der Waals surface area contributed by atoms with Crippen molar-refractivity contribution in [2.45, 2.75) is 32.9 Å². The molecular weight excluding hydrogens is 303 g/mol. The van der Waals surface area contributed by atoms with Gasteiger partial charge < -0.3 is 4.57 Å².